The topological polar surface area (TPSA) is 85.0 Å². The summed E-state index contributed by atoms with van der Waals surface area (Å²) in [5.74, 6) is 0.608. The Hall–Kier alpha value is -2.80. The molecular weight excluding hydrogens is 354 g/mol. The molecule has 0 bridgehead atoms. The fourth-order valence-corrected chi connectivity index (χ4v) is 2.70. The maximum atomic E-state index is 12.8. The highest BCUT2D eigenvalue weighted by atomic mass is 35.5. The van der Waals surface area contributed by atoms with Crippen molar-refractivity contribution in [2.75, 3.05) is 0 Å². The van der Waals surface area contributed by atoms with E-state index in [-0.39, 0.29) is 18.5 Å². The Kier molecular flexibility index (Phi) is 4.38. The number of amides is 1. The van der Waals surface area contributed by atoms with E-state index < -0.39 is 0 Å². The number of aryl methyl sites for hydroxylation is 1. The average Bonchev–Trinajstić information content (AvgIpc) is 3.38. The quantitative estimate of drug-likeness (QED) is 0.686. The summed E-state index contributed by atoms with van der Waals surface area (Å²) in [4.78, 5) is 22.8. The van der Waals surface area contributed by atoms with Gasteiger partial charge in [0.1, 0.15) is 5.69 Å². The molecule has 0 aliphatic heterocycles. The Labute approximate surface area is 155 Å². The fourth-order valence-electron chi connectivity index (χ4n) is 2.58. The summed E-state index contributed by atoms with van der Waals surface area (Å²) < 4.78 is 5.73. The van der Waals surface area contributed by atoms with Crippen LogP contribution in [0, 0.1) is 6.92 Å². The molecular formula is C18H16ClN5O2. The van der Waals surface area contributed by atoms with Crippen molar-refractivity contribution >= 4 is 17.5 Å². The second kappa shape index (κ2) is 6.84. The summed E-state index contributed by atoms with van der Waals surface area (Å²) in [5, 5.41) is 8.78. The molecule has 0 N–H and O–H groups in total. The molecule has 4 rings (SSSR count). The monoisotopic (exact) mass is 369 g/mol. The first-order valence-electron chi connectivity index (χ1n) is 8.28. The summed E-state index contributed by atoms with van der Waals surface area (Å²) in [5.41, 5.74) is 1.87. The second-order valence-corrected chi connectivity index (χ2v) is 6.65. The van der Waals surface area contributed by atoms with Gasteiger partial charge in [-0.3, -0.25) is 9.78 Å². The highest BCUT2D eigenvalue weighted by Gasteiger charge is 2.35. The third kappa shape index (κ3) is 3.57. The van der Waals surface area contributed by atoms with Gasteiger partial charge in [0.15, 0.2) is 0 Å². The van der Waals surface area contributed by atoms with Gasteiger partial charge >= 0.3 is 0 Å². The van der Waals surface area contributed by atoms with Crippen LogP contribution in [0.5, 0.6) is 0 Å². The van der Waals surface area contributed by atoms with E-state index in [2.05, 4.69) is 20.2 Å². The zero-order chi connectivity index (χ0) is 18.1. The van der Waals surface area contributed by atoms with E-state index in [9.17, 15) is 4.79 Å². The molecule has 132 valence electrons. The Morgan fingerprint density at radius 1 is 1.19 bits per heavy atom. The van der Waals surface area contributed by atoms with Gasteiger partial charge in [0.2, 0.25) is 11.8 Å². The predicted octanol–water partition coefficient (Wildman–Crippen LogP) is 3.29. The lowest BCUT2D eigenvalue weighted by molar-refractivity contribution is 0.0708. The molecule has 0 saturated heterocycles. The van der Waals surface area contributed by atoms with Crippen LogP contribution in [-0.4, -0.2) is 37.0 Å². The minimum Gasteiger partial charge on any atom is -0.419 e. The summed E-state index contributed by atoms with van der Waals surface area (Å²) in [6, 6.07) is 7.32. The van der Waals surface area contributed by atoms with E-state index in [1.54, 1.807) is 23.2 Å². The molecule has 1 amide bonds. The SMILES string of the molecule is Cc1cnc(C(=O)N(Cc2nnc(-c3ccc(Cl)cc3)o2)C2CC2)cn1. The number of rotatable bonds is 5. The van der Waals surface area contributed by atoms with Crippen LogP contribution in [0.2, 0.25) is 5.02 Å². The van der Waals surface area contributed by atoms with Crippen LogP contribution in [-0.2, 0) is 6.54 Å². The third-order valence-corrected chi connectivity index (χ3v) is 4.36. The maximum absolute atomic E-state index is 12.8. The molecule has 26 heavy (non-hydrogen) atoms. The summed E-state index contributed by atoms with van der Waals surface area (Å²) >= 11 is 5.90. The minimum absolute atomic E-state index is 0.175. The van der Waals surface area contributed by atoms with E-state index in [1.165, 1.54) is 6.20 Å². The molecule has 2 heterocycles. The Bertz CT molecular complexity index is 920. The van der Waals surface area contributed by atoms with Crippen molar-refractivity contribution in [1.29, 1.82) is 0 Å². The van der Waals surface area contributed by atoms with E-state index in [0.717, 1.165) is 24.1 Å². The lowest BCUT2D eigenvalue weighted by atomic mass is 10.2. The van der Waals surface area contributed by atoms with Gasteiger partial charge < -0.3 is 9.32 Å². The molecule has 2 aromatic heterocycles. The van der Waals surface area contributed by atoms with Crippen molar-refractivity contribution < 1.29 is 9.21 Å². The number of carbonyl (C=O) groups is 1. The van der Waals surface area contributed by atoms with E-state index in [0.29, 0.717) is 22.5 Å². The first kappa shape index (κ1) is 16.7. The smallest absolute Gasteiger partial charge is 0.274 e. The van der Waals surface area contributed by atoms with Crippen molar-refractivity contribution in [3.8, 4) is 11.5 Å². The molecule has 1 fully saturated rings. The molecule has 0 atom stereocenters. The predicted molar refractivity (Wildman–Crippen MR) is 94.4 cm³/mol. The van der Waals surface area contributed by atoms with Crippen LogP contribution >= 0.6 is 11.6 Å². The van der Waals surface area contributed by atoms with Gasteiger partial charge in [-0.1, -0.05) is 11.6 Å². The summed E-state index contributed by atoms with van der Waals surface area (Å²) in [6.45, 7) is 2.08. The molecule has 0 radical (unpaired) electrons. The molecule has 3 aromatic rings. The second-order valence-electron chi connectivity index (χ2n) is 6.22. The number of aromatic nitrogens is 4. The molecule has 1 aromatic carbocycles. The first-order chi connectivity index (χ1) is 12.6. The molecule has 8 heteroatoms. The number of hydrogen-bond donors (Lipinski definition) is 0. The van der Waals surface area contributed by atoms with Crippen LogP contribution < -0.4 is 0 Å². The van der Waals surface area contributed by atoms with Gasteiger partial charge in [-0.15, -0.1) is 10.2 Å². The van der Waals surface area contributed by atoms with Crippen LogP contribution in [0.15, 0.2) is 41.1 Å². The third-order valence-electron chi connectivity index (χ3n) is 4.11. The van der Waals surface area contributed by atoms with Gasteiger partial charge in [-0.05, 0) is 44.0 Å². The fraction of sp³-hybridized carbons (Fsp3) is 0.278. The highest BCUT2D eigenvalue weighted by Crippen LogP contribution is 2.30. The van der Waals surface area contributed by atoms with Gasteiger partial charge in [-0.25, -0.2) is 4.98 Å². The van der Waals surface area contributed by atoms with Crippen LogP contribution in [0.4, 0.5) is 0 Å². The van der Waals surface area contributed by atoms with Gasteiger partial charge in [0.05, 0.1) is 18.4 Å². The highest BCUT2D eigenvalue weighted by molar-refractivity contribution is 6.30. The lowest BCUT2D eigenvalue weighted by Gasteiger charge is -2.19. The summed E-state index contributed by atoms with van der Waals surface area (Å²) in [6.07, 6.45) is 5.01. The van der Waals surface area contributed by atoms with Crippen molar-refractivity contribution in [3.05, 3.63) is 59.0 Å². The Balaban J connectivity index is 1.53. The number of nitrogens with zero attached hydrogens (tertiary/aromatic N) is 5. The van der Waals surface area contributed by atoms with E-state index in [1.807, 2.05) is 19.1 Å². The first-order valence-corrected chi connectivity index (χ1v) is 8.66. The van der Waals surface area contributed by atoms with Gasteiger partial charge in [-0.2, -0.15) is 0 Å². The van der Waals surface area contributed by atoms with E-state index in [4.69, 9.17) is 16.0 Å². The average molecular weight is 370 g/mol. The minimum atomic E-state index is -0.175. The number of hydrogen-bond acceptors (Lipinski definition) is 6. The molecule has 1 aliphatic carbocycles. The van der Waals surface area contributed by atoms with Crippen molar-refractivity contribution in [2.24, 2.45) is 0 Å². The molecule has 7 nitrogen and oxygen atoms in total. The Morgan fingerprint density at radius 2 is 1.96 bits per heavy atom. The summed E-state index contributed by atoms with van der Waals surface area (Å²) in [7, 11) is 0. The molecule has 1 aliphatic rings. The van der Waals surface area contributed by atoms with Gasteiger partial charge in [0, 0.05) is 22.8 Å². The van der Waals surface area contributed by atoms with Crippen molar-refractivity contribution in [2.45, 2.75) is 32.4 Å². The van der Waals surface area contributed by atoms with Gasteiger partial charge in [0.25, 0.3) is 5.91 Å². The van der Waals surface area contributed by atoms with Crippen molar-refractivity contribution in [3.63, 3.8) is 0 Å². The van der Waals surface area contributed by atoms with E-state index >= 15 is 0 Å². The standard InChI is InChI=1S/C18H16ClN5O2/c1-11-8-21-15(9-20-11)18(25)24(14-6-7-14)10-16-22-23-17(26-16)12-2-4-13(19)5-3-12/h2-5,8-9,14H,6-7,10H2,1H3. The zero-order valence-corrected chi connectivity index (χ0v) is 14.8. The molecule has 0 unspecified atom stereocenters. The normalized spacial score (nSPS) is 13.6. The maximum Gasteiger partial charge on any atom is 0.274 e. The number of halogens is 1. The van der Waals surface area contributed by atoms with Crippen LogP contribution in [0.3, 0.4) is 0 Å². The molecule has 1 saturated carbocycles. The van der Waals surface area contributed by atoms with Crippen molar-refractivity contribution in [1.82, 2.24) is 25.1 Å². The number of benzene rings is 1. The van der Waals surface area contributed by atoms with Crippen LogP contribution in [0.1, 0.15) is 34.9 Å². The Morgan fingerprint density at radius 3 is 2.62 bits per heavy atom. The largest absolute Gasteiger partial charge is 0.419 e. The number of carbonyl (C=O) groups excluding carboxylic acids is 1. The van der Waals surface area contributed by atoms with Crippen LogP contribution in [0.25, 0.3) is 11.5 Å². The zero-order valence-electron chi connectivity index (χ0n) is 14.1. The lowest BCUT2D eigenvalue weighted by Crippen LogP contribution is -2.33. The molecule has 0 spiro atoms.